The first kappa shape index (κ1) is 13.0. The van der Waals surface area contributed by atoms with Gasteiger partial charge >= 0.3 is 5.97 Å². The first-order chi connectivity index (χ1) is 8.65. The largest absolute Gasteiger partial charge is 0.481 e. The summed E-state index contributed by atoms with van der Waals surface area (Å²) in [6.07, 6.45) is 1.80. The van der Waals surface area contributed by atoms with E-state index in [4.69, 9.17) is 5.11 Å². The summed E-state index contributed by atoms with van der Waals surface area (Å²) in [7, 11) is 0. The smallest absolute Gasteiger partial charge is 0.312 e. The lowest BCUT2D eigenvalue weighted by Gasteiger charge is -2.16. The molecule has 0 aromatic heterocycles. The highest BCUT2D eigenvalue weighted by atomic mass is 32.2. The number of fused-ring (bicyclic) bond motifs is 1. The molecule has 2 N–H and O–H groups in total. The third-order valence-electron chi connectivity index (χ3n) is 2.77. The molecule has 0 bridgehead atoms. The monoisotopic (exact) mass is 265 g/mol. The third kappa shape index (κ3) is 3.50. The summed E-state index contributed by atoms with van der Waals surface area (Å²) in [5.41, 5.74) is 2.35. The van der Waals surface area contributed by atoms with Gasteiger partial charge in [0.1, 0.15) is 6.42 Å². The lowest BCUT2D eigenvalue weighted by atomic mass is 10.1. The van der Waals surface area contributed by atoms with Gasteiger partial charge in [0.15, 0.2) is 0 Å². The van der Waals surface area contributed by atoms with Gasteiger partial charge in [-0.05, 0) is 35.8 Å². The molecule has 1 heterocycles. The number of rotatable bonds is 4. The zero-order valence-corrected chi connectivity index (χ0v) is 10.8. The van der Waals surface area contributed by atoms with Gasteiger partial charge in [0.05, 0.1) is 0 Å². The molecule has 96 valence electrons. The van der Waals surface area contributed by atoms with Gasteiger partial charge < -0.3 is 10.4 Å². The maximum Gasteiger partial charge on any atom is 0.312 e. The number of hydrogen-bond donors (Lipinski definition) is 2. The SMILES string of the molecule is O=C(O)CC(=O)NCc1ccc2c(c1)CCCS2. The van der Waals surface area contributed by atoms with Crippen LogP contribution < -0.4 is 5.32 Å². The first-order valence-electron chi connectivity index (χ1n) is 5.88. The molecule has 0 spiro atoms. The maximum absolute atomic E-state index is 11.2. The van der Waals surface area contributed by atoms with Gasteiger partial charge in [-0.1, -0.05) is 12.1 Å². The van der Waals surface area contributed by atoms with Crippen molar-refractivity contribution in [2.75, 3.05) is 5.75 Å². The molecule has 0 aliphatic carbocycles. The summed E-state index contributed by atoms with van der Waals surface area (Å²) in [5, 5.41) is 11.1. The Morgan fingerprint density at radius 2 is 2.22 bits per heavy atom. The standard InChI is InChI=1S/C13H15NO3S/c15-12(7-13(16)17)14-8-9-3-4-11-10(6-9)2-1-5-18-11/h3-4,6H,1-2,5,7-8H2,(H,14,15)(H,16,17). The van der Waals surface area contributed by atoms with Gasteiger partial charge in [0.25, 0.3) is 0 Å². The summed E-state index contributed by atoms with van der Waals surface area (Å²) in [6.45, 7) is 0.393. The normalized spacial score (nSPS) is 13.8. The van der Waals surface area contributed by atoms with Crippen molar-refractivity contribution in [3.8, 4) is 0 Å². The van der Waals surface area contributed by atoms with Crippen molar-refractivity contribution in [1.29, 1.82) is 0 Å². The van der Waals surface area contributed by atoms with E-state index in [1.807, 2.05) is 17.8 Å². The molecule has 0 unspecified atom stereocenters. The Morgan fingerprint density at radius 3 is 3.00 bits per heavy atom. The van der Waals surface area contributed by atoms with Crippen LogP contribution in [0.1, 0.15) is 24.0 Å². The van der Waals surface area contributed by atoms with E-state index >= 15 is 0 Å². The van der Waals surface area contributed by atoms with E-state index in [2.05, 4.69) is 17.4 Å². The van der Waals surface area contributed by atoms with Crippen molar-refractivity contribution in [1.82, 2.24) is 5.32 Å². The fraction of sp³-hybridized carbons (Fsp3) is 0.385. The average Bonchev–Trinajstić information content (AvgIpc) is 2.35. The van der Waals surface area contributed by atoms with E-state index in [1.54, 1.807) is 0 Å². The lowest BCUT2D eigenvalue weighted by Crippen LogP contribution is -2.25. The molecule has 1 amide bonds. The number of amides is 1. The van der Waals surface area contributed by atoms with E-state index in [-0.39, 0.29) is 0 Å². The van der Waals surface area contributed by atoms with E-state index in [0.29, 0.717) is 6.54 Å². The molecule has 0 saturated carbocycles. The molecule has 0 fully saturated rings. The van der Waals surface area contributed by atoms with Crippen LogP contribution in [-0.4, -0.2) is 22.7 Å². The molecule has 18 heavy (non-hydrogen) atoms. The molecule has 1 aromatic carbocycles. The Balaban J connectivity index is 1.94. The van der Waals surface area contributed by atoms with E-state index in [9.17, 15) is 9.59 Å². The molecule has 0 saturated heterocycles. The number of carbonyl (C=O) groups is 2. The van der Waals surface area contributed by atoms with Gasteiger partial charge in [0, 0.05) is 11.4 Å². The number of benzene rings is 1. The predicted molar refractivity (Wildman–Crippen MR) is 69.6 cm³/mol. The zero-order valence-electron chi connectivity index (χ0n) is 9.94. The Bertz CT molecular complexity index is 473. The van der Waals surface area contributed by atoms with Crippen molar-refractivity contribution in [2.45, 2.75) is 30.7 Å². The Kier molecular flexibility index (Phi) is 4.25. The van der Waals surface area contributed by atoms with Crippen molar-refractivity contribution in [3.63, 3.8) is 0 Å². The Hall–Kier alpha value is -1.49. The van der Waals surface area contributed by atoms with Gasteiger partial charge in [-0.2, -0.15) is 0 Å². The minimum atomic E-state index is -1.10. The highest BCUT2D eigenvalue weighted by molar-refractivity contribution is 7.99. The highest BCUT2D eigenvalue weighted by Crippen LogP contribution is 2.30. The van der Waals surface area contributed by atoms with E-state index in [1.165, 1.54) is 22.6 Å². The van der Waals surface area contributed by atoms with Crippen molar-refractivity contribution < 1.29 is 14.7 Å². The van der Waals surface area contributed by atoms with Crippen molar-refractivity contribution in [2.24, 2.45) is 0 Å². The Labute approximate surface area is 110 Å². The van der Waals surface area contributed by atoms with Crippen LogP contribution in [0.4, 0.5) is 0 Å². The minimum absolute atomic E-state index is 0.393. The van der Waals surface area contributed by atoms with Crippen LogP contribution in [0.3, 0.4) is 0 Å². The van der Waals surface area contributed by atoms with Crippen LogP contribution in [0.2, 0.25) is 0 Å². The number of thioether (sulfide) groups is 1. The number of nitrogens with one attached hydrogen (secondary N) is 1. The summed E-state index contributed by atoms with van der Waals surface area (Å²) in [6, 6.07) is 6.17. The van der Waals surface area contributed by atoms with Crippen LogP contribution in [0.5, 0.6) is 0 Å². The Morgan fingerprint density at radius 1 is 1.39 bits per heavy atom. The number of hydrogen-bond acceptors (Lipinski definition) is 3. The van der Waals surface area contributed by atoms with Gasteiger partial charge in [0.2, 0.25) is 5.91 Å². The highest BCUT2D eigenvalue weighted by Gasteiger charge is 2.11. The fourth-order valence-corrected chi connectivity index (χ4v) is 2.94. The van der Waals surface area contributed by atoms with Crippen LogP contribution in [0.25, 0.3) is 0 Å². The summed E-state index contributed by atoms with van der Waals surface area (Å²) >= 11 is 1.87. The molecule has 0 atom stereocenters. The molecule has 2 rings (SSSR count). The lowest BCUT2D eigenvalue weighted by molar-refractivity contribution is -0.140. The van der Waals surface area contributed by atoms with Gasteiger partial charge in [-0.25, -0.2) is 0 Å². The number of carboxylic acid groups (broad SMARTS) is 1. The van der Waals surface area contributed by atoms with E-state index in [0.717, 1.165) is 12.0 Å². The van der Waals surface area contributed by atoms with Crippen LogP contribution >= 0.6 is 11.8 Å². The summed E-state index contributed by atoms with van der Waals surface area (Å²) in [4.78, 5) is 22.9. The number of aryl methyl sites for hydroxylation is 1. The molecule has 1 aliphatic rings. The molecular weight excluding hydrogens is 250 g/mol. The number of carbonyl (C=O) groups excluding carboxylic acids is 1. The van der Waals surface area contributed by atoms with Crippen LogP contribution in [0.15, 0.2) is 23.1 Å². The van der Waals surface area contributed by atoms with E-state index < -0.39 is 18.3 Å². The second kappa shape index (κ2) is 5.91. The average molecular weight is 265 g/mol. The molecule has 1 aromatic rings. The number of aliphatic carboxylic acids is 1. The summed E-state index contributed by atoms with van der Waals surface area (Å²) in [5.74, 6) is -0.384. The zero-order chi connectivity index (χ0) is 13.0. The second-order valence-electron chi connectivity index (χ2n) is 4.24. The third-order valence-corrected chi connectivity index (χ3v) is 3.98. The molecule has 1 aliphatic heterocycles. The molecule has 5 heteroatoms. The van der Waals surface area contributed by atoms with Gasteiger partial charge in [-0.3, -0.25) is 9.59 Å². The second-order valence-corrected chi connectivity index (χ2v) is 5.38. The van der Waals surface area contributed by atoms with Crippen LogP contribution in [0, 0.1) is 0 Å². The molecule has 0 radical (unpaired) electrons. The van der Waals surface area contributed by atoms with Crippen molar-refractivity contribution in [3.05, 3.63) is 29.3 Å². The number of carboxylic acids is 1. The molecule has 4 nitrogen and oxygen atoms in total. The first-order valence-corrected chi connectivity index (χ1v) is 6.87. The van der Waals surface area contributed by atoms with Gasteiger partial charge in [-0.15, -0.1) is 11.8 Å². The fourth-order valence-electron chi connectivity index (χ4n) is 1.92. The topological polar surface area (TPSA) is 66.4 Å². The quantitative estimate of drug-likeness (QED) is 0.815. The summed E-state index contributed by atoms with van der Waals surface area (Å²) < 4.78 is 0. The maximum atomic E-state index is 11.2. The predicted octanol–water partition coefficient (Wildman–Crippen LogP) is 1.82. The van der Waals surface area contributed by atoms with Crippen molar-refractivity contribution >= 4 is 23.6 Å². The van der Waals surface area contributed by atoms with Crippen LogP contribution in [-0.2, 0) is 22.6 Å². The molecular formula is C13H15NO3S. The minimum Gasteiger partial charge on any atom is -0.481 e.